The van der Waals surface area contributed by atoms with Crippen LogP contribution in [0, 0.1) is 50.2 Å². The highest BCUT2D eigenvalue weighted by Gasteiger charge is 2.71. The molecule has 9 N–H and O–H groups in total. The molecule has 328 valence electrons. The molecular weight excluding hydrogens is 760 g/mol. The minimum Gasteiger partial charge on any atom is -0.479 e. The third kappa shape index (κ3) is 6.29. The molecule has 7 rings (SSSR count). The Bertz CT molecular complexity index is 1650. The lowest BCUT2D eigenvalue weighted by Crippen LogP contribution is -2.69. The SMILES string of the molecule is CC1(C)CC[C@]2(C(=O)O[C@@H]3O[C@H](CO)[C@@H](O)[C@H](O)[C@H]3O)CC[C@]3(C)C(=CCC4[C@@]5(C)C[C@H](O)[C@H](O[C@@H]6O[C@H](C(=O)O)[C@@H](O)[C@H](O)[C@H]6O)[C@](C)(C=O)C5CC[C@]43C)[C@@H]2C1. The van der Waals surface area contributed by atoms with E-state index in [-0.39, 0.29) is 35.0 Å². The van der Waals surface area contributed by atoms with E-state index in [1.54, 1.807) is 6.92 Å². The molecule has 0 aromatic heterocycles. The fourth-order valence-corrected chi connectivity index (χ4v) is 13.5. The number of fused-ring (bicyclic) bond motifs is 7. The molecule has 2 saturated heterocycles. The van der Waals surface area contributed by atoms with Gasteiger partial charge in [0.05, 0.1) is 29.6 Å². The molecule has 16 nitrogen and oxygen atoms in total. The van der Waals surface area contributed by atoms with E-state index in [0.717, 1.165) is 12.7 Å². The molecule has 0 aromatic rings. The molecule has 0 bridgehead atoms. The molecule has 16 heteroatoms. The van der Waals surface area contributed by atoms with Gasteiger partial charge in [0.1, 0.15) is 49.0 Å². The van der Waals surface area contributed by atoms with Crippen LogP contribution in [-0.2, 0) is 33.3 Å². The number of hydrogen-bond donors (Lipinski definition) is 9. The van der Waals surface area contributed by atoms with Gasteiger partial charge in [-0.1, -0.05) is 53.2 Å². The molecule has 0 aromatic carbocycles. The molecule has 7 aliphatic rings. The van der Waals surface area contributed by atoms with Crippen LogP contribution in [0.2, 0.25) is 0 Å². The van der Waals surface area contributed by atoms with Crippen LogP contribution < -0.4 is 0 Å². The highest BCUT2D eigenvalue weighted by atomic mass is 16.7. The Morgan fingerprint density at radius 2 is 1.43 bits per heavy atom. The first-order chi connectivity index (χ1) is 27.0. The molecule has 2 heterocycles. The summed E-state index contributed by atoms with van der Waals surface area (Å²) in [4.78, 5) is 39.7. The second-order valence-corrected chi connectivity index (χ2v) is 20.5. The second kappa shape index (κ2) is 14.8. The fourth-order valence-electron chi connectivity index (χ4n) is 13.5. The molecule has 4 saturated carbocycles. The number of carboxylic acids is 1. The number of rotatable bonds is 7. The number of carbonyl (C=O) groups is 3. The highest BCUT2D eigenvalue weighted by molar-refractivity contribution is 5.79. The summed E-state index contributed by atoms with van der Waals surface area (Å²) in [5.74, 6) is -2.70. The van der Waals surface area contributed by atoms with E-state index in [1.165, 1.54) is 5.57 Å². The maximum Gasteiger partial charge on any atom is 0.335 e. The van der Waals surface area contributed by atoms with Gasteiger partial charge in [-0.3, -0.25) is 4.79 Å². The lowest BCUT2D eigenvalue weighted by Gasteiger charge is -2.71. The van der Waals surface area contributed by atoms with Gasteiger partial charge in [-0.15, -0.1) is 0 Å². The number of ether oxygens (including phenoxy) is 4. The average molecular weight is 825 g/mol. The number of aliphatic carboxylic acids is 1. The Labute approximate surface area is 338 Å². The maximum absolute atomic E-state index is 14.6. The normalized spacial score (nSPS) is 53.8. The molecule has 58 heavy (non-hydrogen) atoms. The number of carbonyl (C=O) groups excluding carboxylic acids is 2. The molecule has 2 unspecified atom stereocenters. The minimum atomic E-state index is -1.93. The zero-order valence-corrected chi connectivity index (χ0v) is 34.3. The first kappa shape index (κ1) is 44.0. The number of hydrogen-bond acceptors (Lipinski definition) is 15. The Kier molecular flexibility index (Phi) is 11.2. The van der Waals surface area contributed by atoms with Crippen molar-refractivity contribution >= 4 is 18.2 Å². The lowest BCUT2D eigenvalue weighted by molar-refractivity contribution is -0.332. The quantitative estimate of drug-likeness (QED) is 0.0735. The van der Waals surface area contributed by atoms with Gasteiger partial charge < -0.3 is 69.7 Å². The summed E-state index contributed by atoms with van der Waals surface area (Å²) in [7, 11) is 0. The van der Waals surface area contributed by atoms with Crippen molar-refractivity contribution in [2.45, 2.75) is 173 Å². The number of aliphatic hydroxyl groups excluding tert-OH is 8. The molecular formula is C42H64O16. The summed E-state index contributed by atoms with van der Waals surface area (Å²) in [5, 5.41) is 94.3. The van der Waals surface area contributed by atoms with Gasteiger partial charge in [-0.2, -0.15) is 0 Å². The van der Waals surface area contributed by atoms with Crippen LogP contribution >= 0.6 is 0 Å². The molecule has 5 aliphatic carbocycles. The fraction of sp³-hybridized carbons (Fsp3) is 0.881. The van der Waals surface area contributed by atoms with Gasteiger partial charge in [0.25, 0.3) is 0 Å². The van der Waals surface area contributed by atoms with Crippen LogP contribution in [0.25, 0.3) is 0 Å². The number of aliphatic hydroxyl groups is 8. The van der Waals surface area contributed by atoms with Crippen molar-refractivity contribution in [1.29, 1.82) is 0 Å². The van der Waals surface area contributed by atoms with E-state index in [4.69, 9.17) is 18.9 Å². The van der Waals surface area contributed by atoms with Crippen LogP contribution in [0.3, 0.4) is 0 Å². The van der Waals surface area contributed by atoms with E-state index in [9.17, 15) is 60.3 Å². The van der Waals surface area contributed by atoms with Crippen molar-refractivity contribution in [2.24, 2.45) is 50.2 Å². The standard InChI is InChI=1S/C42H64O16/c1-37(2)11-13-42(36(54)58-34-29(50)26(47)25(46)22(17-43)55-34)14-12-40(5)19(20(42)15-37)7-8-24-38(3)16-21(45)32(39(4,18-44)23(38)9-10-41(24,40)6)57-35-30(51)27(48)28(49)31(56-35)33(52)53/h7,18,20-32,34-35,43,45-51H,8-17H2,1-6H3,(H,52,53)/t20-,21-,22+,23?,24?,25+,26-,27-,28-,29+,30+,31-,32-,34-,35-,38-,39+,40+,41+,42-/m0/s1. The smallest absolute Gasteiger partial charge is 0.335 e. The molecule has 2 aliphatic heterocycles. The Morgan fingerprint density at radius 3 is 2.07 bits per heavy atom. The largest absolute Gasteiger partial charge is 0.479 e. The lowest BCUT2D eigenvalue weighted by atomic mass is 9.33. The first-order valence-electron chi connectivity index (χ1n) is 20.9. The summed E-state index contributed by atoms with van der Waals surface area (Å²) >= 11 is 0. The number of allylic oxidation sites excluding steroid dienone is 2. The van der Waals surface area contributed by atoms with Crippen molar-refractivity contribution in [3.8, 4) is 0 Å². The zero-order chi connectivity index (χ0) is 42.7. The summed E-state index contributed by atoms with van der Waals surface area (Å²) in [6, 6.07) is 0. The van der Waals surface area contributed by atoms with E-state index >= 15 is 0 Å². The number of carboxylic acid groups (broad SMARTS) is 1. The summed E-state index contributed by atoms with van der Waals surface area (Å²) in [6.45, 7) is 12.1. The summed E-state index contributed by atoms with van der Waals surface area (Å²) in [5.41, 5.74) is -2.60. The molecule has 0 spiro atoms. The number of aldehydes is 1. The van der Waals surface area contributed by atoms with Crippen molar-refractivity contribution in [1.82, 2.24) is 0 Å². The molecule has 0 radical (unpaired) electrons. The summed E-state index contributed by atoms with van der Waals surface area (Å²) in [6.07, 6.45) is -11.4. The number of esters is 1. The van der Waals surface area contributed by atoms with Gasteiger partial charge in [-0.05, 0) is 97.2 Å². The highest BCUT2D eigenvalue weighted by Crippen LogP contribution is 2.76. The minimum absolute atomic E-state index is 0.0302. The monoisotopic (exact) mass is 824 g/mol. The van der Waals surface area contributed by atoms with Crippen molar-refractivity contribution < 1.29 is 79.3 Å². The Balaban J connectivity index is 1.19. The van der Waals surface area contributed by atoms with Crippen molar-refractivity contribution in [3.05, 3.63) is 11.6 Å². The third-order valence-corrected chi connectivity index (χ3v) is 17.1. The first-order valence-corrected chi connectivity index (χ1v) is 20.9. The van der Waals surface area contributed by atoms with Gasteiger partial charge in [0, 0.05) is 0 Å². The Hall–Kier alpha value is -2.09. The molecule has 20 atom stereocenters. The summed E-state index contributed by atoms with van der Waals surface area (Å²) < 4.78 is 23.1. The van der Waals surface area contributed by atoms with E-state index < -0.39 is 114 Å². The topological polar surface area (TPSA) is 270 Å². The van der Waals surface area contributed by atoms with E-state index in [0.29, 0.717) is 44.9 Å². The van der Waals surface area contributed by atoms with Gasteiger partial charge in [0.15, 0.2) is 12.4 Å². The zero-order valence-electron chi connectivity index (χ0n) is 34.3. The predicted octanol–water partition coefficient (Wildman–Crippen LogP) is 0.558. The molecule has 0 amide bonds. The van der Waals surface area contributed by atoms with Crippen molar-refractivity contribution in [3.63, 3.8) is 0 Å². The average Bonchev–Trinajstić information content (AvgIpc) is 3.16. The van der Waals surface area contributed by atoms with Gasteiger partial charge in [0.2, 0.25) is 6.29 Å². The van der Waals surface area contributed by atoms with Crippen LogP contribution in [-0.4, -0.2) is 144 Å². The molecule has 6 fully saturated rings. The van der Waals surface area contributed by atoms with Crippen LogP contribution in [0.5, 0.6) is 0 Å². The van der Waals surface area contributed by atoms with Crippen LogP contribution in [0.1, 0.15) is 99.3 Å². The van der Waals surface area contributed by atoms with Gasteiger partial charge >= 0.3 is 11.9 Å². The van der Waals surface area contributed by atoms with Gasteiger partial charge in [-0.25, -0.2) is 4.79 Å². The van der Waals surface area contributed by atoms with Crippen LogP contribution in [0.4, 0.5) is 0 Å². The third-order valence-electron chi connectivity index (χ3n) is 17.1. The van der Waals surface area contributed by atoms with E-state index in [2.05, 4.69) is 40.7 Å². The maximum atomic E-state index is 14.6. The van der Waals surface area contributed by atoms with E-state index in [1.807, 2.05) is 0 Å². The van der Waals surface area contributed by atoms with Crippen LogP contribution in [0.15, 0.2) is 11.6 Å². The second-order valence-electron chi connectivity index (χ2n) is 20.5. The predicted molar refractivity (Wildman–Crippen MR) is 200 cm³/mol. The Morgan fingerprint density at radius 1 is 0.793 bits per heavy atom. The van der Waals surface area contributed by atoms with Crippen molar-refractivity contribution in [2.75, 3.05) is 6.61 Å².